The minimum Gasteiger partial charge on any atom is -0.337 e. The van der Waals surface area contributed by atoms with Crippen LogP contribution in [0.15, 0.2) is 53.4 Å². The van der Waals surface area contributed by atoms with Crippen LogP contribution >= 0.6 is 0 Å². The van der Waals surface area contributed by atoms with E-state index in [-0.39, 0.29) is 11.5 Å². The predicted molar refractivity (Wildman–Crippen MR) is 86.6 cm³/mol. The minimum absolute atomic E-state index is 0.235. The van der Waals surface area contributed by atoms with Gasteiger partial charge in [-0.25, -0.2) is 8.42 Å². The number of carbonyl (C=O) groups excluding carboxylic acids is 1. The quantitative estimate of drug-likeness (QED) is 0.829. The fourth-order valence-electron chi connectivity index (χ4n) is 2.23. The van der Waals surface area contributed by atoms with Gasteiger partial charge in [-0.1, -0.05) is 24.3 Å². The number of halogens is 2. The summed E-state index contributed by atoms with van der Waals surface area (Å²) in [6.07, 6.45) is 0. The van der Waals surface area contributed by atoms with Crippen LogP contribution in [0.1, 0.15) is 21.5 Å². The van der Waals surface area contributed by atoms with Crippen molar-refractivity contribution in [2.75, 3.05) is 7.05 Å². The van der Waals surface area contributed by atoms with E-state index in [9.17, 15) is 22.0 Å². The summed E-state index contributed by atoms with van der Waals surface area (Å²) in [7, 11) is -3.03. The third kappa shape index (κ3) is 3.79. The monoisotopic (exact) mass is 353 g/mol. The molecule has 7 heteroatoms. The van der Waals surface area contributed by atoms with Gasteiger partial charge in [0.2, 0.25) is 9.84 Å². The van der Waals surface area contributed by atoms with Crippen molar-refractivity contribution in [2.24, 2.45) is 0 Å². The topological polar surface area (TPSA) is 54.5 Å². The van der Waals surface area contributed by atoms with Crippen LogP contribution in [0.3, 0.4) is 0 Å². The molecule has 0 N–H and O–H groups in total. The number of nitrogens with zero attached hydrogens (tertiary/aromatic N) is 1. The molecule has 128 valence electrons. The Hall–Kier alpha value is -2.28. The van der Waals surface area contributed by atoms with Crippen LogP contribution < -0.4 is 0 Å². The summed E-state index contributed by atoms with van der Waals surface area (Å²) in [5.41, 5.74) is 2.28. The number of aryl methyl sites for hydroxylation is 1. The lowest BCUT2D eigenvalue weighted by Gasteiger charge is -2.18. The highest BCUT2D eigenvalue weighted by Gasteiger charge is 2.26. The lowest BCUT2D eigenvalue weighted by molar-refractivity contribution is 0.0785. The van der Waals surface area contributed by atoms with Crippen LogP contribution in [0.4, 0.5) is 8.78 Å². The third-order valence-electron chi connectivity index (χ3n) is 3.68. The Kier molecular flexibility index (Phi) is 5.33. The van der Waals surface area contributed by atoms with E-state index < -0.39 is 20.5 Å². The molecule has 0 aliphatic heterocycles. The lowest BCUT2D eigenvalue weighted by atomic mass is 10.1. The van der Waals surface area contributed by atoms with Crippen molar-refractivity contribution in [1.29, 1.82) is 0 Å². The van der Waals surface area contributed by atoms with Crippen molar-refractivity contribution in [3.8, 4) is 0 Å². The number of rotatable bonds is 5. The maximum atomic E-state index is 12.5. The van der Waals surface area contributed by atoms with Crippen molar-refractivity contribution in [1.82, 2.24) is 4.90 Å². The van der Waals surface area contributed by atoms with E-state index in [1.165, 1.54) is 17.0 Å². The summed E-state index contributed by atoms with van der Waals surface area (Å²) in [5.74, 6) is -3.80. The Morgan fingerprint density at radius 1 is 1.08 bits per heavy atom. The fourth-order valence-corrected chi connectivity index (χ4v) is 2.95. The van der Waals surface area contributed by atoms with E-state index in [2.05, 4.69) is 0 Å². The highest BCUT2D eigenvalue weighted by atomic mass is 32.2. The molecule has 0 unspecified atom stereocenters. The van der Waals surface area contributed by atoms with Crippen LogP contribution in [-0.4, -0.2) is 32.0 Å². The van der Waals surface area contributed by atoms with Crippen LogP contribution in [0.25, 0.3) is 0 Å². The minimum atomic E-state index is -4.65. The number of amides is 1. The van der Waals surface area contributed by atoms with Crippen molar-refractivity contribution in [2.45, 2.75) is 24.1 Å². The second kappa shape index (κ2) is 7.09. The summed E-state index contributed by atoms with van der Waals surface area (Å²) >= 11 is 0. The molecule has 0 spiro atoms. The molecule has 0 atom stereocenters. The van der Waals surface area contributed by atoms with Crippen LogP contribution in [-0.2, 0) is 16.4 Å². The number of benzene rings is 2. The Balaban J connectivity index is 2.17. The molecule has 2 aromatic rings. The molecule has 0 radical (unpaired) electrons. The first-order valence-electron chi connectivity index (χ1n) is 7.15. The van der Waals surface area contributed by atoms with Gasteiger partial charge >= 0.3 is 5.76 Å². The second-order valence-corrected chi connectivity index (χ2v) is 7.34. The zero-order chi connectivity index (χ0) is 17.9. The number of carbonyl (C=O) groups is 1. The maximum absolute atomic E-state index is 12.5. The molecule has 1 amide bonds. The Labute approximate surface area is 139 Å². The van der Waals surface area contributed by atoms with E-state index in [1.54, 1.807) is 7.05 Å². The number of hydrogen-bond acceptors (Lipinski definition) is 3. The molecule has 2 rings (SSSR count). The summed E-state index contributed by atoms with van der Waals surface area (Å²) in [6.45, 7) is 2.33. The summed E-state index contributed by atoms with van der Waals surface area (Å²) < 4.78 is 47.8. The van der Waals surface area contributed by atoms with Gasteiger partial charge in [0.05, 0.1) is 4.90 Å². The van der Waals surface area contributed by atoms with Gasteiger partial charge in [0.25, 0.3) is 5.91 Å². The summed E-state index contributed by atoms with van der Waals surface area (Å²) in [5, 5.41) is 0. The normalized spacial score (nSPS) is 11.5. The third-order valence-corrected chi connectivity index (χ3v) is 5.08. The molecular weight excluding hydrogens is 336 g/mol. The summed E-state index contributed by atoms with van der Waals surface area (Å²) in [4.78, 5) is 13.4. The van der Waals surface area contributed by atoms with E-state index in [0.717, 1.165) is 23.3 Å². The van der Waals surface area contributed by atoms with Crippen LogP contribution in [0.5, 0.6) is 0 Å². The molecule has 0 bridgehead atoms. The molecule has 2 aromatic carbocycles. The van der Waals surface area contributed by atoms with Gasteiger partial charge in [-0.2, -0.15) is 8.78 Å². The first-order chi connectivity index (χ1) is 11.2. The average molecular weight is 353 g/mol. The van der Waals surface area contributed by atoms with Gasteiger partial charge in [0.1, 0.15) is 0 Å². The maximum Gasteiger partial charge on any atom is 0.341 e. The summed E-state index contributed by atoms with van der Waals surface area (Å²) in [6, 6.07) is 12.2. The largest absolute Gasteiger partial charge is 0.341 e. The highest BCUT2D eigenvalue weighted by Crippen LogP contribution is 2.19. The van der Waals surface area contributed by atoms with Crippen molar-refractivity contribution < 1.29 is 22.0 Å². The van der Waals surface area contributed by atoms with E-state index in [0.29, 0.717) is 6.54 Å². The molecule has 0 fully saturated rings. The molecule has 0 aromatic heterocycles. The molecule has 24 heavy (non-hydrogen) atoms. The number of hydrogen-bond donors (Lipinski definition) is 0. The fraction of sp³-hybridized carbons (Fsp3) is 0.235. The molecular formula is C17H17F2NO3S. The van der Waals surface area contributed by atoms with Gasteiger partial charge in [-0.05, 0) is 42.3 Å². The van der Waals surface area contributed by atoms with Gasteiger partial charge in [-0.3, -0.25) is 4.79 Å². The Morgan fingerprint density at radius 2 is 1.67 bits per heavy atom. The Morgan fingerprint density at radius 3 is 2.21 bits per heavy atom. The van der Waals surface area contributed by atoms with Gasteiger partial charge < -0.3 is 4.90 Å². The van der Waals surface area contributed by atoms with Gasteiger partial charge in [0.15, 0.2) is 0 Å². The molecule has 0 saturated heterocycles. The second-order valence-electron chi connectivity index (χ2n) is 5.42. The zero-order valence-corrected chi connectivity index (χ0v) is 14.1. The van der Waals surface area contributed by atoms with Gasteiger partial charge in [0, 0.05) is 19.2 Å². The molecule has 0 saturated carbocycles. The average Bonchev–Trinajstić information content (AvgIpc) is 2.56. The standard InChI is InChI=1S/C17H17F2NO3S/c1-12-5-3-4-6-14(12)11-20(2)16(21)13-7-9-15(10-8-13)24(22,23)17(18)19/h3-10,17H,11H2,1-2H3. The predicted octanol–water partition coefficient (Wildman–Crippen LogP) is 3.26. The highest BCUT2D eigenvalue weighted by molar-refractivity contribution is 7.91. The Bertz CT molecular complexity index is 833. The van der Waals surface area contributed by atoms with Crippen LogP contribution in [0, 0.1) is 6.92 Å². The van der Waals surface area contributed by atoms with Crippen molar-refractivity contribution >= 4 is 15.7 Å². The number of alkyl halides is 2. The molecule has 4 nitrogen and oxygen atoms in total. The molecule has 0 heterocycles. The first kappa shape index (κ1) is 18.1. The lowest BCUT2D eigenvalue weighted by Crippen LogP contribution is -2.26. The first-order valence-corrected chi connectivity index (χ1v) is 8.70. The van der Waals surface area contributed by atoms with E-state index in [4.69, 9.17) is 0 Å². The van der Waals surface area contributed by atoms with Crippen molar-refractivity contribution in [3.63, 3.8) is 0 Å². The van der Waals surface area contributed by atoms with E-state index >= 15 is 0 Å². The van der Waals surface area contributed by atoms with Crippen LogP contribution in [0.2, 0.25) is 0 Å². The van der Waals surface area contributed by atoms with Gasteiger partial charge in [-0.15, -0.1) is 0 Å². The van der Waals surface area contributed by atoms with E-state index in [1.807, 2.05) is 31.2 Å². The zero-order valence-electron chi connectivity index (χ0n) is 13.2. The van der Waals surface area contributed by atoms with Crippen molar-refractivity contribution in [3.05, 3.63) is 65.2 Å². The smallest absolute Gasteiger partial charge is 0.337 e. The molecule has 0 aliphatic rings. The number of sulfone groups is 1. The molecule has 0 aliphatic carbocycles. The SMILES string of the molecule is Cc1ccccc1CN(C)C(=O)c1ccc(S(=O)(=O)C(F)F)cc1.